The Labute approximate surface area is 119 Å². The number of carbonyl (C=O) groups is 1. The van der Waals surface area contributed by atoms with Crippen molar-refractivity contribution in [3.63, 3.8) is 0 Å². The molecular weight excluding hydrogens is 248 g/mol. The quantitative estimate of drug-likeness (QED) is 0.794. The van der Waals surface area contributed by atoms with Crippen LogP contribution in [0.1, 0.15) is 30.8 Å². The van der Waals surface area contributed by atoms with Crippen LogP contribution in [0.25, 0.3) is 10.9 Å². The van der Waals surface area contributed by atoms with Gasteiger partial charge in [0.1, 0.15) is 5.69 Å². The Morgan fingerprint density at radius 1 is 1.10 bits per heavy atom. The average Bonchev–Trinajstić information content (AvgIpc) is 2.45. The first-order valence-electron chi connectivity index (χ1n) is 7.28. The summed E-state index contributed by atoms with van der Waals surface area (Å²) in [6.45, 7) is 6.11. The Morgan fingerprint density at radius 2 is 1.80 bits per heavy atom. The maximum Gasteiger partial charge on any atom is 0.272 e. The van der Waals surface area contributed by atoms with Crippen molar-refractivity contribution in [3.05, 3.63) is 42.1 Å². The number of aromatic nitrogens is 1. The summed E-state index contributed by atoms with van der Waals surface area (Å²) in [6.07, 6.45) is 1.20. The highest BCUT2D eigenvalue weighted by molar-refractivity contribution is 5.95. The zero-order chi connectivity index (χ0) is 14.1. The number of hydrogen-bond donors (Lipinski definition) is 0. The van der Waals surface area contributed by atoms with E-state index in [4.69, 9.17) is 0 Å². The summed E-state index contributed by atoms with van der Waals surface area (Å²) in [7, 11) is 0. The summed E-state index contributed by atoms with van der Waals surface area (Å²) in [6, 6.07) is 11.7. The number of likely N-dealkylation sites (tertiary alicyclic amines) is 1. The fourth-order valence-electron chi connectivity index (χ4n) is 3.18. The summed E-state index contributed by atoms with van der Waals surface area (Å²) >= 11 is 0. The van der Waals surface area contributed by atoms with Gasteiger partial charge >= 0.3 is 0 Å². The van der Waals surface area contributed by atoms with Crippen LogP contribution in [0.5, 0.6) is 0 Å². The second kappa shape index (κ2) is 5.23. The second-order valence-corrected chi connectivity index (χ2v) is 6.05. The van der Waals surface area contributed by atoms with Crippen molar-refractivity contribution in [2.45, 2.75) is 20.3 Å². The number of nitrogens with zero attached hydrogens (tertiary/aromatic N) is 2. The molecule has 1 aliphatic heterocycles. The Hall–Kier alpha value is -1.90. The molecule has 0 saturated carbocycles. The molecule has 1 aromatic heterocycles. The second-order valence-electron chi connectivity index (χ2n) is 6.05. The van der Waals surface area contributed by atoms with E-state index in [1.807, 2.05) is 41.3 Å². The predicted octanol–water partition coefficient (Wildman–Crippen LogP) is 3.35. The third-order valence-corrected chi connectivity index (χ3v) is 3.97. The Kier molecular flexibility index (Phi) is 3.43. The lowest BCUT2D eigenvalue weighted by molar-refractivity contribution is 0.0617. The van der Waals surface area contributed by atoms with Crippen LogP contribution in [0.15, 0.2) is 36.4 Å². The topological polar surface area (TPSA) is 33.2 Å². The summed E-state index contributed by atoms with van der Waals surface area (Å²) in [5.74, 6) is 1.21. The molecule has 1 aromatic carbocycles. The molecular formula is C17H20N2O. The van der Waals surface area contributed by atoms with Crippen molar-refractivity contribution in [2.75, 3.05) is 13.1 Å². The van der Waals surface area contributed by atoms with E-state index in [9.17, 15) is 4.79 Å². The molecule has 0 spiro atoms. The monoisotopic (exact) mass is 268 g/mol. The Balaban J connectivity index is 1.88. The van der Waals surface area contributed by atoms with Gasteiger partial charge in [-0.05, 0) is 30.4 Å². The van der Waals surface area contributed by atoms with Gasteiger partial charge in [0.05, 0.1) is 5.52 Å². The van der Waals surface area contributed by atoms with E-state index in [1.54, 1.807) is 0 Å². The van der Waals surface area contributed by atoms with E-state index < -0.39 is 0 Å². The molecule has 1 saturated heterocycles. The van der Waals surface area contributed by atoms with Crippen molar-refractivity contribution < 1.29 is 4.79 Å². The fourth-order valence-corrected chi connectivity index (χ4v) is 3.18. The van der Waals surface area contributed by atoms with Crippen molar-refractivity contribution >= 4 is 16.8 Å². The van der Waals surface area contributed by atoms with Gasteiger partial charge in [-0.1, -0.05) is 38.1 Å². The molecule has 1 aliphatic rings. The summed E-state index contributed by atoms with van der Waals surface area (Å²) in [5.41, 5.74) is 1.45. The molecule has 20 heavy (non-hydrogen) atoms. The van der Waals surface area contributed by atoms with Gasteiger partial charge in [-0.2, -0.15) is 0 Å². The third kappa shape index (κ3) is 2.53. The number of rotatable bonds is 1. The number of para-hydroxylation sites is 1. The highest BCUT2D eigenvalue weighted by Crippen LogP contribution is 2.22. The first-order chi connectivity index (χ1) is 9.63. The number of benzene rings is 1. The number of amides is 1. The summed E-state index contributed by atoms with van der Waals surface area (Å²) in [5, 5.41) is 1.07. The molecule has 0 N–H and O–H groups in total. The molecule has 1 fully saturated rings. The van der Waals surface area contributed by atoms with Crippen LogP contribution < -0.4 is 0 Å². The van der Waals surface area contributed by atoms with Crippen LogP contribution in [0.2, 0.25) is 0 Å². The van der Waals surface area contributed by atoms with Gasteiger partial charge in [-0.25, -0.2) is 4.98 Å². The molecule has 0 radical (unpaired) electrons. The van der Waals surface area contributed by atoms with Crippen LogP contribution in [0, 0.1) is 11.8 Å². The van der Waals surface area contributed by atoms with E-state index in [1.165, 1.54) is 6.42 Å². The highest BCUT2D eigenvalue weighted by atomic mass is 16.2. The van der Waals surface area contributed by atoms with Gasteiger partial charge in [0.2, 0.25) is 0 Å². The van der Waals surface area contributed by atoms with Crippen LogP contribution in [-0.2, 0) is 0 Å². The maximum absolute atomic E-state index is 12.6. The predicted molar refractivity (Wildman–Crippen MR) is 80.6 cm³/mol. The smallest absolute Gasteiger partial charge is 0.272 e. The molecule has 2 atom stereocenters. The molecule has 2 heterocycles. The first kappa shape index (κ1) is 13.1. The van der Waals surface area contributed by atoms with Crippen molar-refractivity contribution in [2.24, 2.45) is 11.8 Å². The van der Waals surface area contributed by atoms with E-state index in [0.29, 0.717) is 17.5 Å². The standard InChI is InChI=1S/C17H20N2O/c1-12-9-13(2)11-19(10-12)17(20)16-8-7-14-5-3-4-6-15(14)18-16/h3-8,12-13H,9-11H2,1-2H3/t12-,13+. The van der Waals surface area contributed by atoms with Crippen LogP contribution in [0.4, 0.5) is 0 Å². The van der Waals surface area contributed by atoms with E-state index in [2.05, 4.69) is 18.8 Å². The summed E-state index contributed by atoms with van der Waals surface area (Å²) < 4.78 is 0. The summed E-state index contributed by atoms with van der Waals surface area (Å²) in [4.78, 5) is 19.1. The van der Waals surface area contributed by atoms with Crippen LogP contribution in [-0.4, -0.2) is 28.9 Å². The van der Waals surface area contributed by atoms with E-state index >= 15 is 0 Å². The van der Waals surface area contributed by atoms with E-state index in [0.717, 1.165) is 24.0 Å². The number of fused-ring (bicyclic) bond motifs is 1. The molecule has 3 heteroatoms. The van der Waals surface area contributed by atoms with E-state index in [-0.39, 0.29) is 5.91 Å². The lowest BCUT2D eigenvalue weighted by Gasteiger charge is -2.34. The van der Waals surface area contributed by atoms with Gasteiger partial charge in [0, 0.05) is 18.5 Å². The van der Waals surface area contributed by atoms with Gasteiger partial charge in [-0.15, -0.1) is 0 Å². The normalized spacial score (nSPS) is 23.0. The average molecular weight is 268 g/mol. The number of pyridine rings is 1. The molecule has 0 aliphatic carbocycles. The molecule has 0 bridgehead atoms. The lowest BCUT2D eigenvalue weighted by atomic mass is 9.92. The Morgan fingerprint density at radius 3 is 2.55 bits per heavy atom. The van der Waals surface area contributed by atoms with Crippen molar-refractivity contribution in [3.8, 4) is 0 Å². The Bertz CT molecular complexity index is 628. The highest BCUT2D eigenvalue weighted by Gasteiger charge is 2.26. The minimum absolute atomic E-state index is 0.0640. The van der Waals surface area contributed by atoms with Crippen LogP contribution in [0.3, 0.4) is 0 Å². The first-order valence-corrected chi connectivity index (χ1v) is 7.28. The molecule has 104 valence electrons. The zero-order valence-corrected chi connectivity index (χ0v) is 12.0. The van der Waals surface area contributed by atoms with Crippen molar-refractivity contribution in [1.82, 2.24) is 9.88 Å². The fraction of sp³-hybridized carbons (Fsp3) is 0.412. The molecule has 2 aromatic rings. The van der Waals surface area contributed by atoms with Gasteiger partial charge in [-0.3, -0.25) is 4.79 Å². The van der Waals surface area contributed by atoms with Gasteiger partial charge in [0.25, 0.3) is 5.91 Å². The largest absolute Gasteiger partial charge is 0.337 e. The zero-order valence-electron chi connectivity index (χ0n) is 12.0. The minimum Gasteiger partial charge on any atom is -0.337 e. The minimum atomic E-state index is 0.0640. The molecule has 0 unspecified atom stereocenters. The number of carbonyl (C=O) groups excluding carboxylic acids is 1. The SMILES string of the molecule is C[C@@H]1C[C@H](C)CN(C(=O)c2ccc3ccccc3n2)C1. The van der Waals surface area contributed by atoms with Crippen LogP contribution >= 0.6 is 0 Å². The maximum atomic E-state index is 12.6. The van der Waals surface area contributed by atoms with Crippen molar-refractivity contribution in [1.29, 1.82) is 0 Å². The molecule has 3 rings (SSSR count). The lowest BCUT2D eigenvalue weighted by Crippen LogP contribution is -2.42. The molecule has 3 nitrogen and oxygen atoms in total. The molecule has 1 amide bonds. The number of hydrogen-bond acceptors (Lipinski definition) is 2. The number of piperidine rings is 1. The third-order valence-electron chi connectivity index (χ3n) is 3.97. The van der Waals surface area contributed by atoms with Gasteiger partial charge < -0.3 is 4.90 Å². The van der Waals surface area contributed by atoms with Gasteiger partial charge in [0.15, 0.2) is 0 Å².